The molecule has 0 heterocycles. The summed E-state index contributed by atoms with van der Waals surface area (Å²) in [7, 11) is 0. The molecule has 0 radical (unpaired) electrons. The summed E-state index contributed by atoms with van der Waals surface area (Å²) in [5.74, 6) is 17.9. The molecular weight excluding hydrogens is 701 g/mol. The van der Waals surface area contributed by atoms with Crippen LogP contribution >= 0.6 is 0 Å². The second-order valence-corrected chi connectivity index (χ2v) is 17.4. The molecule has 6 rings (SSSR count). The average molecular weight is 775 g/mol. The van der Waals surface area contributed by atoms with Crippen molar-refractivity contribution in [2.45, 2.75) is 156 Å². The van der Waals surface area contributed by atoms with Crippen LogP contribution in [0.2, 0.25) is 0 Å². The lowest BCUT2D eigenvalue weighted by molar-refractivity contribution is 0.294. The summed E-state index contributed by atoms with van der Waals surface area (Å²) in [4.78, 5) is 0. The van der Waals surface area contributed by atoms with Gasteiger partial charge in [0.2, 0.25) is 0 Å². The lowest BCUT2D eigenvalue weighted by Gasteiger charge is -2.25. The normalized spacial score (nSPS) is 18.8. The van der Waals surface area contributed by atoms with Crippen molar-refractivity contribution in [2.24, 2.45) is 23.7 Å². The average Bonchev–Trinajstić information content (AvgIpc) is 3.27. The van der Waals surface area contributed by atoms with Crippen molar-refractivity contribution in [2.75, 3.05) is 6.61 Å². The van der Waals surface area contributed by atoms with E-state index in [9.17, 15) is 0 Å². The molecule has 0 saturated heterocycles. The second kappa shape index (κ2) is 26.0. The third-order valence-electron chi connectivity index (χ3n) is 12.5. The van der Waals surface area contributed by atoms with E-state index >= 15 is 0 Å². The Labute approximate surface area is 355 Å². The zero-order chi connectivity index (χ0) is 40.6. The standard InChI is InChI=1S/C34H48.C23H26O/c1-3-5-7-9-11-13-29-15-17-31(18-16-29)19-20-32-23-27-34(28-24-32)33-25-21-30(22-26-33)14-12-10-8-6-4-2;1-3-24-23-16-14-22(15-17-23)21-12-10-20(11-13-21)9-8-19-6-4-18(2)5-7-19/h21-29,31H,3-18H2,1-2H3;10-19H,3-7H2,1-2H3. The van der Waals surface area contributed by atoms with E-state index < -0.39 is 0 Å². The maximum Gasteiger partial charge on any atom is 0.119 e. The Hall–Kier alpha value is -4.20. The molecule has 2 fully saturated rings. The van der Waals surface area contributed by atoms with Crippen molar-refractivity contribution < 1.29 is 4.74 Å². The van der Waals surface area contributed by atoms with Crippen molar-refractivity contribution in [3.05, 3.63) is 114 Å². The Balaban J connectivity index is 0.000000234. The number of benzene rings is 4. The molecule has 4 aromatic rings. The molecule has 0 spiro atoms. The smallest absolute Gasteiger partial charge is 0.119 e. The first kappa shape index (κ1) is 44.9. The lowest BCUT2D eigenvalue weighted by atomic mass is 9.80. The van der Waals surface area contributed by atoms with E-state index in [1.54, 1.807) is 0 Å². The summed E-state index contributed by atoms with van der Waals surface area (Å²) in [5.41, 5.74) is 8.76. The van der Waals surface area contributed by atoms with E-state index in [0.717, 1.165) is 28.7 Å². The number of unbranched alkanes of at least 4 members (excludes halogenated alkanes) is 8. The van der Waals surface area contributed by atoms with Gasteiger partial charge in [-0.25, -0.2) is 0 Å². The molecule has 58 heavy (non-hydrogen) atoms. The van der Waals surface area contributed by atoms with Gasteiger partial charge in [-0.1, -0.05) is 169 Å². The van der Waals surface area contributed by atoms with Crippen molar-refractivity contribution in [3.63, 3.8) is 0 Å². The predicted octanol–water partition coefficient (Wildman–Crippen LogP) is 16.3. The molecule has 1 heteroatoms. The van der Waals surface area contributed by atoms with Gasteiger partial charge in [0.05, 0.1) is 6.61 Å². The Morgan fingerprint density at radius 1 is 0.466 bits per heavy atom. The highest BCUT2D eigenvalue weighted by Gasteiger charge is 2.19. The van der Waals surface area contributed by atoms with Crippen LogP contribution in [0, 0.1) is 47.4 Å². The fourth-order valence-corrected chi connectivity index (χ4v) is 8.61. The number of hydrogen-bond donors (Lipinski definition) is 0. The summed E-state index contributed by atoms with van der Waals surface area (Å²) >= 11 is 0. The Kier molecular flexibility index (Phi) is 20.1. The van der Waals surface area contributed by atoms with Gasteiger partial charge in [0, 0.05) is 23.0 Å². The van der Waals surface area contributed by atoms with Gasteiger partial charge in [-0.05, 0) is 147 Å². The summed E-state index contributed by atoms with van der Waals surface area (Å²) in [6, 6.07) is 34.9. The van der Waals surface area contributed by atoms with Crippen LogP contribution in [0.1, 0.15) is 166 Å². The minimum absolute atomic E-state index is 0.590. The van der Waals surface area contributed by atoms with Crippen molar-refractivity contribution in [1.82, 2.24) is 0 Å². The molecule has 0 atom stereocenters. The van der Waals surface area contributed by atoms with Gasteiger partial charge in [0.15, 0.2) is 0 Å². The molecule has 0 unspecified atom stereocenters. The molecule has 2 saturated carbocycles. The van der Waals surface area contributed by atoms with Gasteiger partial charge < -0.3 is 4.74 Å². The van der Waals surface area contributed by atoms with Crippen LogP contribution in [0.5, 0.6) is 5.75 Å². The van der Waals surface area contributed by atoms with Crippen molar-refractivity contribution in [1.29, 1.82) is 0 Å². The van der Waals surface area contributed by atoms with E-state index in [1.165, 1.54) is 156 Å². The Bertz CT molecular complexity index is 1810. The first-order chi connectivity index (χ1) is 28.5. The molecule has 4 aromatic carbocycles. The highest BCUT2D eigenvalue weighted by molar-refractivity contribution is 5.66. The predicted molar refractivity (Wildman–Crippen MR) is 251 cm³/mol. The molecular formula is C57H74O. The maximum atomic E-state index is 5.49. The zero-order valence-corrected chi connectivity index (χ0v) is 36.8. The summed E-state index contributed by atoms with van der Waals surface area (Å²) in [5, 5.41) is 0. The largest absolute Gasteiger partial charge is 0.494 e. The number of hydrogen-bond acceptors (Lipinski definition) is 1. The van der Waals surface area contributed by atoms with Crippen LogP contribution in [-0.2, 0) is 6.42 Å². The van der Waals surface area contributed by atoms with E-state index in [4.69, 9.17) is 4.74 Å². The van der Waals surface area contributed by atoms with Crippen molar-refractivity contribution >= 4 is 0 Å². The van der Waals surface area contributed by atoms with Crippen LogP contribution in [0.25, 0.3) is 22.3 Å². The second-order valence-electron chi connectivity index (χ2n) is 17.4. The topological polar surface area (TPSA) is 9.23 Å². The van der Waals surface area contributed by atoms with Gasteiger partial charge in [0.25, 0.3) is 0 Å². The molecule has 308 valence electrons. The quantitative estimate of drug-likeness (QED) is 0.0814. The lowest BCUT2D eigenvalue weighted by Crippen LogP contribution is -2.13. The van der Waals surface area contributed by atoms with E-state index in [0.29, 0.717) is 18.4 Å². The van der Waals surface area contributed by atoms with E-state index in [1.807, 2.05) is 19.1 Å². The van der Waals surface area contributed by atoms with Gasteiger partial charge >= 0.3 is 0 Å². The van der Waals surface area contributed by atoms with E-state index in [2.05, 4.69) is 129 Å². The third-order valence-corrected chi connectivity index (χ3v) is 12.5. The minimum atomic E-state index is 0.590. The Morgan fingerprint density at radius 3 is 1.38 bits per heavy atom. The Morgan fingerprint density at radius 2 is 0.897 bits per heavy atom. The molecule has 0 amide bonds. The fraction of sp³-hybridized carbons (Fsp3) is 0.509. The van der Waals surface area contributed by atoms with Crippen LogP contribution in [0.4, 0.5) is 0 Å². The zero-order valence-electron chi connectivity index (χ0n) is 36.8. The molecule has 0 N–H and O–H groups in total. The molecule has 2 aliphatic rings. The van der Waals surface area contributed by atoms with Crippen LogP contribution in [0.3, 0.4) is 0 Å². The molecule has 0 aromatic heterocycles. The number of aryl methyl sites for hydroxylation is 1. The summed E-state index contributed by atoms with van der Waals surface area (Å²) < 4.78 is 5.49. The summed E-state index contributed by atoms with van der Waals surface area (Å²) in [6.07, 6.45) is 27.0. The maximum absolute atomic E-state index is 5.49. The number of rotatable bonds is 16. The van der Waals surface area contributed by atoms with Gasteiger partial charge in [-0.15, -0.1) is 0 Å². The van der Waals surface area contributed by atoms with Crippen LogP contribution in [-0.4, -0.2) is 6.61 Å². The van der Waals surface area contributed by atoms with Crippen LogP contribution in [0.15, 0.2) is 97.1 Å². The van der Waals surface area contributed by atoms with Gasteiger partial charge in [-0.2, -0.15) is 0 Å². The van der Waals surface area contributed by atoms with Crippen molar-refractivity contribution in [3.8, 4) is 51.7 Å². The highest BCUT2D eigenvalue weighted by Crippen LogP contribution is 2.32. The van der Waals surface area contributed by atoms with E-state index in [-0.39, 0.29) is 0 Å². The van der Waals surface area contributed by atoms with Gasteiger partial charge in [-0.3, -0.25) is 0 Å². The first-order valence-electron chi connectivity index (χ1n) is 23.6. The fourth-order valence-electron chi connectivity index (χ4n) is 8.61. The first-order valence-corrected chi connectivity index (χ1v) is 23.6. The molecule has 2 aliphatic carbocycles. The summed E-state index contributed by atoms with van der Waals surface area (Å²) in [6.45, 7) is 9.63. The SMILES string of the molecule is CCCCCCCc1ccc(-c2ccc(C#CC3CCC(CCCCCCC)CC3)cc2)cc1.CCOc1ccc(-c2ccc(C#CC3CCC(C)CC3)cc2)cc1. The number of ether oxygens (including phenoxy) is 1. The monoisotopic (exact) mass is 775 g/mol. The van der Waals surface area contributed by atoms with Crippen LogP contribution < -0.4 is 4.74 Å². The minimum Gasteiger partial charge on any atom is -0.494 e. The molecule has 0 bridgehead atoms. The highest BCUT2D eigenvalue weighted by atomic mass is 16.5. The van der Waals surface area contributed by atoms with Gasteiger partial charge in [0.1, 0.15) is 5.75 Å². The molecule has 0 aliphatic heterocycles. The third kappa shape index (κ3) is 16.2. The molecule has 1 nitrogen and oxygen atoms in total.